The fourth-order valence-electron chi connectivity index (χ4n) is 2.05. The minimum atomic E-state index is 0.557. The van der Waals surface area contributed by atoms with Crippen LogP contribution in [0.1, 0.15) is 12.8 Å². The number of fused-ring (bicyclic) bond motifs is 3. The van der Waals surface area contributed by atoms with E-state index in [1.54, 1.807) is 6.33 Å². The summed E-state index contributed by atoms with van der Waals surface area (Å²) in [5.74, 6) is 0.814. The minimum Gasteiger partial charge on any atom is -0.450 e. The summed E-state index contributed by atoms with van der Waals surface area (Å²) < 4.78 is 5.82. The van der Waals surface area contributed by atoms with Gasteiger partial charge in [0.1, 0.15) is 17.4 Å². The number of nitrogens with zero attached hydrogens (tertiary/aromatic N) is 2. The Bertz CT molecular complexity index is 700. The van der Waals surface area contributed by atoms with E-state index in [0.29, 0.717) is 6.04 Å². The Labute approximate surface area is 97.7 Å². The van der Waals surface area contributed by atoms with Gasteiger partial charge in [-0.3, -0.25) is 0 Å². The van der Waals surface area contributed by atoms with E-state index in [9.17, 15) is 0 Å². The van der Waals surface area contributed by atoms with Gasteiger partial charge in [-0.05, 0) is 25.0 Å². The molecule has 0 aliphatic heterocycles. The van der Waals surface area contributed by atoms with Crippen LogP contribution in [-0.4, -0.2) is 16.0 Å². The lowest BCUT2D eigenvalue weighted by atomic mass is 10.2. The van der Waals surface area contributed by atoms with Crippen LogP contribution in [-0.2, 0) is 0 Å². The highest BCUT2D eigenvalue weighted by molar-refractivity contribution is 6.05. The number of para-hydroxylation sites is 1. The summed E-state index contributed by atoms with van der Waals surface area (Å²) in [6, 6.07) is 8.49. The predicted molar refractivity (Wildman–Crippen MR) is 66.0 cm³/mol. The van der Waals surface area contributed by atoms with Crippen LogP contribution in [0.2, 0.25) is 0 Å². The van der Waals surface area contributed by atoms with Crippen molar-refractivity contribution in [2.45, 2.75) is 18.9 Å². The molecule has 0 spiro atoms. The molecule has 4 rings (SSSR count). The summed E-state index contributed by atoms with van der Waals surface area (Å²) in [7, 11) is 0. The molecule has 1 saturated carbocycles. The van der Waals surface area contributed by atoms with E-state index in [1.807, 2.05) is 24.3 Å². The molecule has 1 N–H and O–H groups in total. The van der Waals surface area contributed by atoms with Crippen molar-refractivity contribution in [2.75, 3.05) is 5.32 Å². The molecule has 0 atom stereocenters. The van der Waals surface area contributed by atoms with E-state index in [0.717, 1.165) is 27.9 Å². The molecule has 1 fully saturated rings. The van der Waals surface area contributed by atoms with Crippen molar-refractivity contribution in [3.63, 3.8) is 0 Å². The molecule has 84 valence electrons. The third kappa shape index (κ3) is 1.37. The zero-order valence-corrected chi connectivity index (χ0v) is 9.18. The van der Waals surface area contributed by atoms with Gasteiger partial charge in [0.2, 0.25) is 0 Å². The third-order valence-electron chi connectivity index (χ3n) is 3.08. The molecule has 4 nitrogen and oxygen atoms in total. The Morgan fingerprint density at radius 2 is 2.06 bits per heavy atom. The lowest BCUT2D eigenvalue weighted by Gasteiger charge is -2.01. The zero-order chi connectivity index (χ0) is 11.2. The van der Waals surface area contributed by atoms with Gasteiger partial charge in [0, 0.05) is 11.4 Å². The molecule has 1 aliphatic rings. The number of hydrogen-bond acceptors (Lipinski definition) is 4. The number of anilines is 1. The summed E-state index contributed by atoms with van der Waals surface area (Å²) in [6.45, 7) is 0. The molecule has 0 saturated heterocycles. The standard InChI is InChI=1S/C13H11N3O/c1-2-4-10-9(3-1)11-12(17-10)13(15-7-14-11)16-8-5-6-8/h1-4,7-8H,5-6H2,(H,14,15,16). The van der Waals surface area contributed by atoms with Gasteiger partial charge in [0.05, 0.1) is 0 Å². The molecular weight excluding hydrogens is 214 g/mol. The van der Waals surface area contributed by atoms with Gasteiger partial charge in [-0.2, -0.15) is 0 Å². The fraction of sp³-hybridized carbons (Fsp3) is 0.231. The molecule has 2 heterocycles. The van der Waals surface area contributed by atoms with Gasteiger partial charge in [-0.15, -0.1) is 0 Å². The quantitative estimate of drug-likeness (QED) is 0.728. The zero-order valence-electron chi connectivity index (χ0n) is 9.18. The Balaban J connectivity index is 2.01. The maximum Gasteiger partial charge on any atom is 0.196 e. The van der Waals surface area contributed by atoms with Crippen LogP contribution in [0, 0.1) is 0 Å². The molecule has 0 bridgehead atoms. The van der Waals surface area contributed by atoms with Crippen molar-refractivity contribution < 1.29 is 4.42 Å². The van der Waals surface area contributed by atoms with Gasteiger partial charge in [0.25, 0.3) is 0 Å². The molecule has 1 aromatic carbocycles. The van der Waals surface area contributed by atoms with Crippen molar-refractivity contribution in [1.29, 1.82) is 0 Å². The first-order valence-electron chi connectivity index (χ1n) is 5.80. The first-order chi connectivity index (χ1) is 8.42. The van der Waals surface area contributed by atoms with Crippen LogP contribution in [0.3, 0.4) is 0 Å². The van der Waals surface area contributed by atoms with Gasteiger partial charge in [-0.25, -0.2) is 9.97 Å². The Kier molecular flexibility index (Phi) is 1.69. The molecular formula is C13H11N3O. The molecule has 17 heavy (non-hydrogen) atoms. The van der Waals surface area contributed by atoms with E-state index in [-0.39, 0.29) is 0 Å². The maximum atomic E-state index is 5.82. The number of benzene rings is 1. The van der Waals surface area contributed by atoms with E-state index in [2.05, 4.69) is 15.3 Å². The van der Waals surface area contributed by atoms with Gasteiger partial charge in [0.15, 0.2) is 11.4 Å². The largest absolute Gasteiger partial charge is 0.450 e. The van der Waals surface area contributed by atoms with Crippen LogP contribution in [0.25, 0.3) is 22.1 Å². The fourth-order valence-corrected chi connectivity index (χ4v) is 2.05. The molecule has 0 radical (unpaired) electrons. The van der Waals surface area contributed by atoms with Crippen LogP contribution < -0.4 is 5.32 Å². The lowest BCUT2D eigenvalue weighted by Crippen LogP contribution is -2.03. The van der Waals surface area contributed by atoms with Gasteiger partial charge in [-0.1, -0.05) is 12.1 Å². The number of aromatic nitrogens is 2. The van der Waals surface area contributed by atoms with E-state index < -0.39 is 0 Å². The lowest BCUT2D eigenvalue weighted by molar-refractivity contribution is 0.666. The van der Waals surface area contributed by atoms with Crippen molar-refractivity contribution in [1.82, 2.24) is 9.97 Å². The van der Waals surface area contributed by atoms with E-state index in [4.69, 9.17) is 4.42 Å². The maximum absolute atomic E-state index is 5.82. The van der Waals surface area contributed by atoms with Crippen LogP contribution >= 0.6 is 0 Å². The highest BCUT2D eigenvalue weighted by Crippen LogP contribution is 2.32. The number of rotatable bonds is 2. The Hall–Kier alpha value is -2.10. The summed E-state index contributed by atoms with van der Waals surface area (Å²) in [5.41, 5.74) is 2.51. The van der Waals surface area contributed by atoms with Crippen molar-refractivity contribution in [3.8, 4) is 0 Å². The summed E-state index contributed by atoms with van der Waals surface area (Å²) in [5, 5.41) is 4.42. The Morgan fingerprint density at radius 1 is 1.18 bits per heavy atom. The van der Waals surface area contributed by atoms with Crippen LogP contribution in [0.15, 0.2) is 35.0 Å². The molecule has 4 heteroatoms. The number of furan rings is 1. The highest BCUT2D eigenvalue weighted by atomic mass is 16.3. The average molecular weight is 225 g/mol. The SMILES string of the molecule is c1ccc2c(c1)oc1c(NC3CC3)ncnc12. The topological polar surface area (TPSA) is 51.0 Å². The normalized spacial score (nSPS) is 15.5. The van der Waals surface area contributed by atoms with Gasteiger partial charge >= 0.3 is 0 Å². The van der Waals surface area contributed by atoms with Crippen LogP contribution in [0.5, 0.6) is 0 Å². The molecule has 0 unspecified atom stereocenters. The summed E-state index contributed by atoms with van der Waals surface area (Å²) in [4.78, 5) is 8.58. The summed E-state index contributed by atoms with van der Waals surface area (Å²) in [6.07, 6.45) is 4.02. The molecule has 0 amide bonds. The monoisotopic (exact) mass is 225 g/mol. The van der Waals surface area contributed by atoms with Gasteiger partial charge < -0.3 is 9.73 Å². The van der Waals surface area contributed by atoms with E-state index >= 15 is 0 Å². The first kappa shape index (κ1) is 8.98. The molecule has 1 aliphatic carbocycles. The third-order valence-corrected chi connectivity index (χ3v) is 3.08. The highest BCUT2D eigenvalue weighted by Gasteiger charge is 2.23. The Morgan fingerprint density at radius 3 is 2.94 bits per heavy atom. The first-order valence-corrected chi connectivity index (χ1v) is 5.80. The van der Waals surface area contributed by atoms with Crippen molar-refractivity contribution in [3.05, 3.63) is 30.6 Å². The molecule has 2 aromatic heterocycles. The van der Waals surface area contributed by atoms with E-state index in [1.165, 1.54) is 12.8 Å². The van der Waals surface area contributed by atoms with Crippen molar-refractivity contribution >= 4 is 27.9 Å². The second kappa shape index (κ2) is 3.20. The van der Waals surface area contributed by atoms with Crippen molar-refractivity contribution in [2.24, 2.45) is 0 Å². The average Bonchev–Trinajstić information content (AvgIpc) is 3.08. The van der Waals surface area contributed by atoms with Crippen LogP contribution in [0.4, 0.5) is 5.82 Å². The number of hydrogen-bond donors (Lipinski definition) is 1. The molecule has 3 aromatic rings. The minimum absolute atomic E-state index is 0.557. The smallest absolute Gasteiger partial charge is 0.196 e. The summed E-state index contributed by atoms with van der Waals surface area (Å²) >= 11 is 0. The number of nitrogens with one attached hydrogen (secondary N) is 1. The second-order valence-electron chi connectivity index (χ2n) is 4.42. The predicted octanol–water partition coefficient (Wildman–Crippen LogP) is 2.95. The second-order valence-corrected chi connectivity index (χ2v) is 4.42.